The van der Waals surface area contributed by atoms with Gasteiger partial charge >= 0.3 is 0 Å². The van der Waals surface area contributed by atoms with Crippen molar-refractivity contribution in [2.45, 2.75) is 46.0 Å². The number of fused-ring (bicyclic) bond motifs is 1. The molecule has 0 aliphatic heterocycles. The predicted octanol–water partition coefficient (Wildman–Crippen LogP) is 4.09. The summed E-state index contributed by atoms with van der Waals surface area (Å²) in [6.07, 6.45) is 11.9. The summed E-state index contributed by atoms with van der Waals surface area (Å²) >= 11 is 0. The first-order valence-electron chi connectivity index (χ1n) is 5.67. The van der Waals surface area contributed by atoms with E-state index in [1.54, 1.807) is 11.1 Å². The third kappa shape index (κ3) is 1.87. The molecule has 2 aliphatic rings. The average molecular weight is 176 g/mol. The standard InChI is InChI=1S/C13H20/c1-10(2)12-8-7-11-5-3-4-6-13(11)9-12/h7,9-10,13H,3-6,8H2,1-2H3. The molecule has 13 heavy (non-hydrogen) atoms. The van der Waals surface area contributed by atoms with Crippen LogP contribution >= 0.6 is 0 Å². The average Bonchev–Trinajstić information content (AvgIpc) is 2.17. The van der Waals surface area contributed by atoms with E-state index in [2.05, 4.69) is 26.0 Å². The molecule has 1 saturated carbocycles. The van der Waals surface area contributed by atoms with Crippen molar-refractivity contribution in [3.05, 3.63) is 23.3 Å². The Kier molecular flexibility index (Phi) is 2.57. The van der Waals surface area contributed by atoms with E-state index in [9.17, 15) is 0 Å². The van der Waals surface area contributed by atoms with Gasteiger partial charge in [0.2, 0.25) is 0 Å². The van der Waals surface area contributed by atoms with Crippen LogP contribution < -0.4 is 0 Å². The molecule has 0 aromatic carbocycles. The van der Waals surface area contributed by atoms with Crippen molar-refractivity contribution in [3.63, 3.8) is 0 Å². The van der Waals surface area contributed by atoms with Crippen LogP contribution in [0.2, 0.25) is 0 Å². The van der Waals surface area contributed by atoms with Crippen LogP contribution in [0.1, 0.15) is 46.0 Å². The van der Waals surface area contributed by atoms with Gasteiger partial charge in [0, 0.05) is 0 Å². The first-order valence-corrected chi connectivity index (χ1v) is 5.67. The number of rotatable bonds is 1. The third-order valence-corrected chi connectivity index (χ3v) is 3.46. The molecule has 0 heteroatoms. The number of allylic oxidation sites excluding steroid dienone is 4. The van der Waals surface area contributed by atoms with Gasteiger partial charge in [-0.3, -0.25) is 0 Å². The molecule has 0 aromatic rings. The molecule has 2 rings (SSSR count). The fourth-order valence-electron chi connectivity index (χ4n) is 2.51. The van der Waals surface area contributed by atoms with E-state index in [1.165, 1.54) is 32.1 Å². The Morgan fingerprint density at radius 2 is 2.15 bits per heavy atom. The Morgan fingerprint density at radius 1 is 1.31 bits per heavy atom. The van der Waals surface area contributed by atoms with E-state index in [-0.39, 0.29) is 0 Å². The van der Waals surface area contributed by atoms with Crippen molar-refractivity contribution < 1.29 is 0 Å². The second-order valence-electron chi connectivity index (χ2n) is 4.73. The highest BCUT2D eigenvalue weighted by Gasteiger charge is 2.20. The maximum atomic E-state index is 2.55. The fraction of sp³-hybridized carbons (Fsp3) is 0.692. The molecule has 0 radical (unpaired) electrons. The first kappa shape index (κ1) is 9.05. The van der Waals surface area contributed by atoms with Gasteiger partial charge in [-0.05, 0) is 37.5 Å². The molecule has 1 fully saturated rings. The molecule has 0 saturated heterocycles. The van der Waals surface area contributed by atoms with Gasteiger partial charge < -0.3 is 0 Å². The Balaban J connectivity index is 2.11. The maximum Gasteiger partial charge on any atom is -0.00203 e. The minimum absolute atomic E-state index is 0.750. The van der Waals surface area contributed by atoms with Gasteiger partial charge in [0.15, 0.2) is 0 Å². The monoisotopic (exact) mass is 176 g/mol. The minimum atomic E-state index is 0.750. The molecule has 0 N–H and O–H groups in total. The summed E-state index contributed by atoms with van der Waals surface area (Å²) in [5.41, 5.74) is 3.39. The van der Waals surface area contributed by atoms with Crippen LogP contribution in [0.4, 0.5) is 0 Å². The van der Waals surface area contributed by atoms with Crippen molar-refractivity contribution in [1.29, 1.82) is 0 Å². The molecule has 1 unspecified atom stereocenters. The first-order chi connectivity index (χ1) is 6.27. The minimum Gasteiger partial charge on any atom is -0.0807 e. The molecule has 2 aliphatic carbocycles. The van der Waals surface area contributed by atoms with E-state index in [0.29, 0.717) is 0 Å². The lowest BCUT2D eigenvalue weighted by atomic mass is 9.77. The lowest BCUT2D eigenvalue weighted by Gasteiger charge is -2.28. The van der Waals surface area contributed by atoms with Crippen LogP contribution in [0.5, 0.6) is 0 Å². The van der Waals surface area contributed by atoms with Crippen LogP contribution in [0, 0.1) is 11.8 Å². The zero-order chi connectivity index (χ0) is 9.26. The van der Waals surface area contributed by atoms with Gasteiger partial charge in [-0.15, -0.1) is 0 Å². The van der Waals surface area contributed by atoms with Crippen LogP contribution in [0.25, 0.3) is 0 Å². The number of hydrogen-bond acceptors (Lipinski definition) is 0. The Morgan fingerprint density at radius 3 is 2.92 bits per heavy atom. The van der Waals surface area contributed by atoms with Gasteiger partial charge in [-0.2, -0.15) is 0 Å². The fourth-order valence-corrected chi connectivity index (χ4v) is 2.51. The molecule has 0 aromatic heterocycles. The Bertz CT molecular complexity index is 243. The summed E-state index contributed by atoms with van der Waals surface area (Å²) in [6.45, 7) is 4.63. The van der Waals surface area contributed by atoms with Gasteiger partial charge in [0.25, 0.3) is 0 Å². The maximum absolute atomic E-state index is 2.55. The molecule has 0 bridgehead atoms. The lowest BCUT2D eigenvalue weighted by Crippen LogP contribution is -2.13. The smallest absolute Gasteiger partial charge is 0.00203 e. The Hall–Kier alpha value is -0.520. The van der Waals surface area contributed by atoms with Gasteiger partial charge in [0.1, 0.15) is 0 Å². The second-order valence-corrected chi connectivity index (χ2v) is 4.73. The summed E-state index contributed by atoms with van der Waals surface area (Å²) in [5.74, 6) is 1.57. The van der Waals surface area contributed by atoms with Crippen molar-refractivity contribution >= 4 is 0 Å². The summed E-state index contributed by atoms with van der Waals surface area (Å²) in [7, 11) is 0. The molecular weight excluding hydrogens is 156 g/mol. The van der Waals surface area contributed by atoms with Gasteiger partial charge in [-0.25, -0.2) is 0 Å². The molecule has 0 amide bonds. The largest absolute Gasteiger partial charge is 0.0807 e. The van der Waals surface area contributed by atoms with Crippen LogP contribution in [0.15, 0.2) is 23.3 Å². The quantitative estimate of drug-likeness (QED) is 0.528. The van der Waals surface area contributed by atoms with E-state index < -0.39 is 0 Å². The van der Waals surface area contributed by atoms with Crippen molar-refractivity contribution in [1.82, 2.24) is 0 Å². The topological polar surface area (TPSA) is 0 Å². The molecular formula is C13H20. The predicted molar refractivity (Wildman–Crippen MR) is 57.6 cm³/mol. The van der Waals surface area contributed by atoms with Crippen LogP contribution in [-0.2, 0) is 0 Å². The third-order valence-electron chi connectivity index (χ3n) is 3.46. The normalized spacial score (nSPS) is 28.1. The second kappa shape index (κ2) is 3.69. The summed E-state index contributed by atoms with van der Waals surface area (Å²) in [6, 6.07) is 0. The van der Waals surface area contributed by atoms with E-state index in [4.69, 9.17) is 0 Å². The van der Waals surface area contributed by atoms with E-state index in [0.717, 1.165) is 11.8 Å². The highest BCUT2D eigenvalue weighted by molar-refractivity contribution is 5.27. The summed E-state index contributed by atoms with van der Waals surface area (Å²) < 4.78 is 0. The van der Waals surface area contributed by atoms with E-state index >= 15 is 0 Å². The van der Waals surface area contributed by atoms with Crippen LogP contribution in [0.3, 0.4) is 0 Å². The number of hydrogen-bond donors (Lipinski definition) is 0. The zero-order valence-electron chi connectivity index (χ0n) is 8.84. The molecule has 0 nitrogen and oxygen atoms in total. The molecule has 72 valence electrons. The lowest BCUT2D eigenvalue weighted by molar-refractivity contribution is 0.503. The highest BCUT2D eigenvalue weighted by Crippen LogP contribution is 2.36. The van der Waals surface area contributed by atoms with Crippen molar-refractivity contribution in [2.24, 2.45) is 11.8 Å². The van der Waals surface area contributed by atoms with Crippen molar-refractivity contribution in [3.8, 4) is 0 Å². The van der Waals surface area contributed by atoms with E-state index in [1.807, 2.05) is 0 Å². The van der Waals surface area contributed by atoms with Gasteiger partial charge in [-0.1, -0.05) is 43.6 Å². The summed E-state index contributed by atoms with van der Waals surface area (Å²) in [4.78, 5) is 0. The van der Waals surface area contributed by atoms with Crippen molar-refractivity contribution in [2.75, 3.05) is 0 Å². The Labute approximate surface area is 81.7 Å². The molecule has 0 heterocycles. The molecule has 1 atom stereocenters. The van der Waals surface area contributed by atoms with Gasteiger partial charge in [0.05, 0.1) is 0 Å². The molecule has 0 spiro atoms. The van der Waals surface area contributed by atoms with Crippen LogP contribution in [-0.4, -0.2) is 0 Å². The highest BCUT2D eigenvalue weighted by atomic mass is 14.3. The zero-order valence-corrected chi connectivity index (χ0v) is 8.84. The summed E-state index contributed by atoms with van der Waals surface area (Å²) in [5, 5.41) is 0. The SMILES string of the molecule is CC(C)C1=CC2CCCCC2=CC1.